The first-order valence-corrected chi connectivity index (χ1v) is 7.76. The van der Waals surface area contributed by atoms with Crippen LogP contribution in [-0.2, 0) is 10.0 Å². The number of hydrogen-bond donors (Lipinski definition) is 2. The number of nitrogen functional groups attached to an aromatic ring is 1. The van der Waals surface area contributed by atoms with Gasteiger partial charge < -0.3 is 10.5 Å². The highest BCUT2D eigenvalue weighted by Gasteiger charge is 2.21. The van der Waals surface area contributed by atoms with Crippen molar-refractivity contribution in [1.82, 2.24) is 4.72 Å². The predicted octanol–water partition coefficient (Wildman–Crippen LogP) is 1.99. The maximum atomic E-state index is 12.2. The van der Waals surface area contributed by atoms with Gasteiger partial charge in [-0.15, -0.1) is 0 Å². The lowest BCUT2D eigenvalue weighted by Gasteiger charge is -2.20. The van der Waals surface area contributed by atoms with Crippen LogP contribution in [0.2, 0.25) is 0 Å². The quantitative estimate of drug-likeness (QED) is 0.784. The Hall–Kier alpha value is -1.27. The van der Waals surface area contributed by atoms with Gasteiger partial charge in [0.1, 0.15) is 5.75 Å². The van der Waals surface area contributed by atoms with Crippen molar-refractivity contribution in [2.24, 2.45) is 5.92 Å². The number of methoxy groups -OCH3 is 1. The monoisotopic (exact) mass is 286 g/mol. The van der Waals surface area contributed by atoms with Crippen molar-refractivity contribution >= 4 is 15.7 Å². The van der Waals surface area contributed by atoms with Crippen molar-refractivity contribution < 1.29 is 13.2 Å². The molecule has 3 N–H and O–H groups in total. The normalized spacial score (nSPS) is 14.9. The molecule has 19 heavy (non-hydrogen) atoms. The molecule has 0 amide bonds. The van der Waals surface area contributed by atoms with E-state index in [4.69, 9.17) is 10.5 Å². The molecule has 6 heteroatoms. The van der Waals surface area contributed by atoms with Crippen LogP contribution in [0.15, 0.2) is 23.1 Å². The minimum atomic E-state index is -3.55. The highest BCUT2D eigenvalue weighted by Crippen LogP contribution is 2.25. The van der Waals surface area contributed by atoms with Gasteiger partial charge in [-0.2, -0.15) is 0 Å². The van der Waals surface area contributed by atoms with E-state index in [2.05, 4.69) is 4.72 Å². The Morgan fingerprint density at radius 2 is 2.00 bits per heavy atom. The Kier molecular flexibility index (Phi) is 5.20. The van der Waals surface area contributed by atoms with E-state index in [1.165, 1.54) is 25.3 Å². The van der Waals surface area contributed by atoms with Crippen LogP contribution in [0, 0.1) is 5.92 Å². The zero-order valence-corrected chi connectivity index (χ0v) is 12.6. The van der Waals surface area contributed by atoms with Crippen LogP contribution in [-0.4, -0.2) is 21.6 Å². The topological polar surface area (TPSA) is 81.4 Å². The first-order valence-electron chi connectivity index (χ1n) is 6.27. The van der Waals surface area contributed by atoms with E-state index in [9.17, 15) is 8.42 Å². The maximum absolute atomic E-state index is 12.2. The van der Waals surface area contributed by atoms with Crippen LogP contribution < -0.4 is 15.2 Å². The molecule has 108 valence electrons. The summed E-state index contributed by atoms with van der Waals surface area (Å²) in [5.41, 5.74) is 6.09. The molecule has 0 bridgehead atoms. The van der Waals surface area contributed by atoms with Gasteiger partial charge in [0, 0.05) is 12.1 Å². The number of sulfonamides is 1. The van der Waals surface area contributed by atoms with Crippen molar-refractivity contribution in [1.29, 1.82) is 0 Å². The molecule has 0 saturated carbocycles. The molecule has 0 spiro atoms. The van der Waals surface area contributed by atoms with Crippen LogP contribution >= 0.6 is 0 Å². The standard InChI is InChI=1S/C13H22N2O3S/c1-5-9(2)10(3)15-19(16,17)11-6-7-12(14)13(8-11)18-4/h6-10,15H,5,14H2,1-4H3. The van der Waals surface area contributed by atoms with Gasteiger partial charge in [-0.1, -0.05) is 20.3 Å². The van der Waals surface area contributed by atoms with E-state index in [0.717, 1.165) is 6.42 Å². The molecule has 1 aromatic rings. The molecule has 2 unspecified atom stereocenters. The summed E-state index contributed by atoms with van der Waals surface area (Å²) in [6.45, 7) is 5.90. The number of anilines is 1. The van der Waals surface area contributed by atoms with Crippen molar-refractivity contribution in [2.45, 2.75) is 38.1 Å². The van der Waals surface area contributed by atoms with E-state index >= 15 is 0 Å². The fourth-order valence-electron chi connectivity index (χ4n) is 1.64. The molecule has 0 heterocycles. The molecule has 1 aromatic carbocycles. The minimum absolute atomic E-state index is 0.126. The second-order valence-electron chi connectivity index (χ2n) is 4.70. The Morgan fingerprint density at radius 3 is 2.53 bits per heavy atom. The van der Waals surface area contributed by atoms with Gasteiger partial charge >= 0.3 is 0 Å². The lowest BCUT2D eigenvalue weighted by molar-refractivity contribution is 0.415. The minimum Gasteiger partial charge on any atom is -0.495 e. The third-order valence-electron chi connectivity index (χ3n) is 3.35. The number of nitrogens with two attached hydrogens (primary N) is 1. The molecule has 0 aliphatic carbocycles. The van der Waals surface area contributed by atoms with Crippen molar-refractivity contribution in [3.63, 3.8) is 0 Å². The fraction of sp³-hybridized carbons (Fsp3) is 0.538. The fourth-order valence-corrected chi connectivity index (χ4v) is 3.01. The van der Waals surface area contributed by atoms with Crippen molar-refractivity contribution in [2.75, 3.05) is 12.8 Å². The maximum Gasteiger partial charge on any atom is 0.240 e. The molecule has 1 rings (SSSR count). The third-order valence-corrected chi connectivity index (χ3v) is 4.91. The Labute approximate surface area is 115 Å². The summed E-state index contributed by atoms with van der Waals surface area (Å²) >= 11 is 0. The predicted molar refractivity (Wildman–Crippen MR) is 76.6 cm³/mol. The van der Waals surface area contributed by atoms with Gasteiger partial charge in [-0.3, -0.25) is 0 Å². The second kappa shape index (κ2) is 6.25. The van der Waals surface area contributed by atoms with E-state index in [1.54, 1.807) is 0 Å². The molecule has 0 aliphatic heterocycles. The summed E-state index contributed by atoms with van der Waals surface area (Å²) in [6.07, 6.45) is 0.911. The summed E-state index contributed by atoms with van der Waals surface area (Å²) < 4.78 is 32.2. The first-order chi connectivity index (χ1) is 8.81. The smallest absolute Gasteiger partial charge is 0.240 e. The number of rotatable bonds is 6. The van der Waals surface area contributed by atoms with Crippen LogP contribution in [0.25, 0.3) is 0 Å². The summed E-state index contributed by atoms with van der Waals surface area (Å²) in [7, 11) is -2.09. The summed E-state index contributed by atoms with van der Waals surface area (Å²) in [4.78, 5) is 0.161. The Balaban J connectivity index is 3.01. The number of nitrogens with one attached hydrogen (secondary N) is 1. The van der Waals surface area contributed by atoms with E-state index in [1.807, 2.05) is 20.8 Å². The highest BCUT2D eigenvalue weighted by molar-refractivity contribution is 7.89. The van der Waals surface area contributed by atoms with Gasteiger partial charge in [-0.25, -0.2) is 13.1 Å². The lowest BCUT2D eigenvalue weighted by Crippen LogP contribution is -2.36. The zero-order chi connectivity index (χ0) is 14.6. The molecule has 0 saturated heterocycles. The molecule has 0 fully saturated rings. The molecular weight excluding hydrogens is 264 g/mol. The molecule has 5 nitrogen and oxygen atoms in total. The van der Waals surface area contributed by atoms with Crippen LogP contribution in [0.1, 0.15) is 27.2 Å². The van der Waals surface area contributed by atoms with E-state index < -0.39 is 10.0 Å². The molecule has 0 radical (unpaired) electrons. The zero-order valence-electron chi connectivity index (χ0n) is 11.8. The van der Waals surface area contributed by atoms with E-state index in [-0.39, 0.29) is 16.9 Å². The average molecular weight is 286 g/mol. The Morgan fingerprint density at radius 1 is 1.37 bits per heavy atom. The Bertz CT molecular complexity index is 529. The van der Waals surface area contributed by atoms with Gasteiger partial charge in [0.05, 0.1) is 17.7 Å². The number of hydrogen-bond acceptors (Lipinski definition) is 4. The summed E-state index contributed by atoms with van der Waals surface area (Å²) in [5.74, 6) is 0.629. The molecule has 2 atom stereocenters. The van der Waals surface area contributed by atoms with Crippen LogP contribution in [0.5, 0.6) is 5.75 Å². The van der Waals surface area contributed by atoms with Gasteiger partial charge in [0.15, 0.2) is 0 Å². The highest BCUT2D eigenvalue weighted by atomic mass is 32.2. The molecule has 0 aromatic heterocycles. The SMILES string of the molecule is CCC(C)C(C)NS(=O)(=O)c1ccc(N)c(OC)c1. The van der Waals surface area contributed by atoms with Gasteiger partial charge in [0.25, 0.3) is 0 Å². The van der Waals surface area contributed by atoms with E-state index in [0.29, 0.717) is 11.4 Å². The van der Waals surface area contributed by atoms with Gasteiger partial charge in [0.2, 0.25) is 10.0 Å². The number of benzene rings is 1. The molecular formula is C13H22N2O3S. The third kappa shape index (κ3) is 3.84. The van der Waals surface area contributed by atoms with Crippen LogP contribution in [0.4, 0.5) is 5.69 Å². The second-order valence-corrected chi connectivity index (χ2v) is 6.41. The number of ether oxygens (including phenoxy) is 1. The first kappa shape index (κ1) is 15.8. The lowest BCUT2D eigenvalue weighted by atomic mass is 10.0. The van der Waals surface area contributed by atoms with Crippen molar-refractivity contribution in [3.05, 3.63) is 18.2 Å². The summed E-state index contributed by atoms with van der Waals surface area (Å²) in [5, 5.41) is 0. The van der Waals surface area contributed by atoms with Crippen LogP contribution in [0.3, 0.4) is 0 Å². The van der Waals surface area contributed by atoms with Gasteiger partial charge in [-0.05, 0) is 25.0 Å². The van der Waals surface area contributed by atoms with Crippen molar-refractivity contribution in [3.8, 4) is 5.75 Å². The summed E-state index contributed by atoms with van der Waals surface area (Å²) in [6, 6.07) is 4.31. The molecule has 0 aliphatic rings. The largest absolute Gasteiger partial charge is 0.495 e. The average Bonchev–Trinajstić information content (AvgIpc) is 2.37.